The van der Waals surface area contributed by atoms with Crippen LogP contribution in [0.2, 0.25) is 0 Å². The van der Waals surface area contributed by atoms with Gasteiger partial charge in [0.25, 0.3) is 5.91 Å². The highest BCUT2D eigenvalue weighted by Crippen LogP contribution is 2.14. The van der Waals surface area contributed by atoms with E-state index in [1.165, 1.54) is 35.2 Å². The van der Waals surface area contributed by atoms with E-state index in [-0.39, 0.29) is 35.3 Å². The first-order chi connectivity index (χ1) is 11.3. The molecule has 0 fully saturated rings. The van der Waals surface area contributed by atoms with Gasteiger partial charge in [0.1, 0.15) is 5.82 Å². The molecule has 0 heterocycles. The van der Waals surface area contributed by atoms with E-state index >= 15 is 0 Å². The molecule has 0 spiro atoms. The van der Waals surface area contributed by atoms with Crippen LogP contribution >= 0.6 is 0 Å². The number of amides is 1. The molecule has 24 heavy (non-hydrogen) atoms. The number of sulfonamides is 1. The molecule has 0 saturated carbocycles. The second-order valence-electron chi connectivity index (χ2n) is 5.32. The Labute approximate surface area is 141 Å². The number of benzene rings is 2. The Morgan fingerprint density at radius 2 is 1.88 bits per heavy atom. The standard InChI is InChI=1S/C17H19FN2O3S/c1-3-19-24(22,23)16-9-5-7-14(11-16)17(21)20(2)12-13-6-4-8-15(18)10-13/h4-11,19H,3,12H2,1-2H3. The summed E-state index contributed by atoms with van der Waals surface area (Å²) in [5.41, 5.74) is 0.912. The summed E-state index contributed by atoms with van der Waals surface area (Å²) in [4.78, 5) is 13.9. The topological polar surface area (TPSA) is 66.5 Å². The van der Waals surface area contributed by atoms with Crippen LogP contribution in [-0.2, 0) is 16.6 Å². The van der Waals surface area contributed by atoms with Crippen LogP contribution in [0.25, 0.3) is 0 Å². The monoisotopic (exact) mass is 350 g/mol. The fourth-order valence-electron chi connectivity index (χ4n) is 2.27. The molecule has 0 unspecified atom stereocenters. The molecule has 2 aromatic rings. The van der Waals surface area contributed by atoms with Crippen LogP contribution in [-0.4, -0.2) is 32.8 Å². The van der Waals surface area contributed by atoms with E-state index in [9.17, 15) is 17.6 Å². The minimum atomic E-state index is -3.63. The van der Waals surface area contributed by atoms with E-state index in [1.54, 1.807) is 32.2 Å². The molecule has 128 valence electrons. The van der Waals surface area contributed by atoms with Crippen molar-refractivity contribution in [2.45, 2.75) is 18.4 Å². The van der Waals surface area contributed by atoms with E-state index in [0.717, 1.165) is 0 Å². The van der Waals surface area contributed by atoms with Gasteiger partial charge in [0, 0.05) is 25.7 Å². The van der Waals surface area contributed by atoms with Gasteiger partial charge in [-0.2, -0.15) is 0 Å². The van der Waals surface area contributed by atoms with Gasteiger partial charge in [0.2, 0.25) is 10.0 Å². The summed E-state index contributed by atoms with van der Waals surface area (Å²) < 4.78 is 39.7. The van der Waals surface area contributed by atoms with Crippen molar-refractivity contribution in [2.24, 2.45) is 0 Å². The van der Waals surface area contributed by atoms with E-state index in [1.807, 2.05) is 0 Å². The molecule has 0 radical (unpaired) electrons. The highest BCUT2D eigenvalue weighted by molar-refractivity contribution is 7.89. The number of halogens is 1. The molecule has 0 aromatic heterocycles. The average molecular weight is 350 g/mol. The van der Waals surface area contributed by atoms with Gasteiger partial charge < -0.3 is 4.90 Å². The lowest BCUT2D eigenvalue weighted by molar-refractivity contribution is 0.0784. The quantitative estimate of drug-likeness (QED) is 0.870. The van der Waals surface area contributed by atoms with Gasteiger partial charge in [-0.3, -0.25) is 4.79 Å². The van der Waals surface area contributed by atoms with Crippen molar-refractivity contribution in [1.82, 2.24) is 9.62 Å². The third kappa shape index (κ3) is 4.39. The van der Waals surface area contributed by atoms with Crippen molar-refractivity contribution >= 4 is 15.9 Å². The Morgan fingerprint density at radius 3 is 2.54 bits per heavy atom. The zero-order chi connectivity index (χ0) is 17.7. The van der Waals surface area contributed by atoms with E-state index in [2.05, 4.69) is 4.72 Å². The van der Waals surface area contributed by atoms with Gasteiger partial charge in [0.15, 0.2) is 0 Å². The Morgan fingerprint density at radius 1 is 1.17 bits per heavy atom. The number of hydrogen-bond acceptors (Lipinski definition) is 3. The number of carbonyl (C=O) groups excluding carboxylic acids is 1. The lowest BCUT2D eigenvalue weighted by atomic mass is 10.1. The van der Waals surface area contributed by atoms with Crippen LogP contribution < -0.4 is 4.72 Å². The minimum Gasteiger partial charge on any atom is -0.337 e. The molecule has 2 rings (SSSR count). The van der Waals surface area contributed by atoms with Crippen LogP contribution in [0.5, 0.6) is 0 Å². The number of carbonyl (C=O) groups is 1. The third-order valence-electron chi connectivity index (χ3n) is 3.38. The Balaban J connectivity index is 2.20. The molecule has 0 aliphatic heterocycles. The summed E-state index contributed by atoms with van der Waals surface area (Å²) in [7, 11) is -2.04. The number of rotatable bonds is 6. The van der Waals surface area contributed by atoms with E-state index in [4.69, 9.17) is 0 Å². The van der Waals surface area contributed by atoms with Crippen LogP contribution in [0, 0.1) is 5.82 Å². The molecular formula is C17H19FN2O3S. The second-order valence-corrected chi connectivity index (χ2v) is 7.09. The first-order valence-corrected chi connectivity index (χ1v) is 8.91. The lowest BCUT2D eigenvalue weighted by Crippen LogP contribution is -2.27. The zero-order valence-electron chi connectivity index (χ0n) is 13.5. The van der Waals surface area contributed by atoms with Crippen LogP contribution in [0.15, 0.2) is 53.4 Å². The summed E-state index contributed by atoms with van der Waals surface area (Å²) >= 11 is 0. The van der Waals surface area contributed by atoms with Gasteiger partial charge in [-0.1, -0.05) is 25.1 Å². The number of nitrogens with one attached hydrogen (secondary N) is 1. The van der Waals surface area contributed by atoms with Crippen LogP contribution in [0.3, 0.4) is 0 Å². The Hall–Kier alpha value is -2.25. The summed E-state index contributed by atoms with van der Waals surface area (Å²) in [6.07, 6.45) is 0. The molecule has 7 heteroatoms. The largest absolute Gasteiger partial charge is 0.337 e. The number of hydrogen-bond donors (Lipinski definition) is 1. The van der Waals surface area contributed by atoms with Gasteiger partial charge in [-0.05, 0) is 35.9 Å². The molecular weight excluding hydrogens is 331 g/mol. The fourth-order valence-corrected chi connectivity index (χ4v) is 3.36. The van der Waals surface area contributed by atoms with Crippen molar-refractivity contribution in [3.05, 3.63) is 65.5 Å². The maximum Gasteiger partial charge on any atom is 0.253 e. The van der Waals surface area contributed by atoms with Gasteiger partial charge in [-0.25, -0.2) is 17.5 Å². The van der Waals surface area contributed by atoms with Gasteiger partial charge in [0.05, 0.1) is 4.90 Å². The molecule has 5 nitrogen and oxygen atoms in total. The normalized spacial score (nSPS) is 11.3. The Bertz CT molecular complexity index is 837. The molecule has 1 N–H and O–H groups in total. The maximum absolute atomic E-state index is 13.2. The SMILES string of the molecule is CCNS(=O)(=O)c1cccc(C(=O)N(C)Cc2cccc(F)c2)c1. The van der Waals surface area contributed by atoms with E-state index in [0.29, 0.717) is 5.56 Å². The minimum absolute atomic E-state index is 0.0364. The lowest BCUT2D eigenvalue weighted by Gasteiger charge is -2.18. The first-order valence-electron chi connectivity index (χ1n) is 7.43. The Kier molecular flexibility index (Phi) is 5.69. The van der Waals surface area contributed by atoms with Crippen molar-refractivity contribution in [3.8, 4) is 0 Å². The molecule has 0 aliphatic carbocycles. The highest BCUT2D eigenvalue weighted by Gasteiger charge is 2.17. The van der Waals surface area contributed by atoms with Crippen molar-refractivity contribution in [2.75, 3.05) is 13.6 Å². The predicted octanol–water partition coefficient (Wildman–Crippen LogP) is 2.40. The number of nitrogens with zero attached hydrogens (tertiary/aromatic N) is 1. The molecule has 0 aliphatic rings. The first kappa shape index (κ1) is 18.1. The summed E-state index contributed by atoms with van der Waals surface area (Å²) in [6.45, 7) is 2.17. The summed E-state index contributed by atoms with van der Waals surface area (Å²) in [5.74, 6) is -0.708. The zero-order valence-corrected chi connectivity index (χ0v) is 14.3. The summed E-state index contributed by atoms with van der Waals surface area (Å²) in [5, 5.41) is 0. The van der Waals surface area contributed by atoms with Crippen molar-refractivity contribution < 1.29 is 17.6 Å². The summed E-state index contributed by atoms with van der Waals surface area (Å²) in [6, 6.07) is 11.8. The van der Waals surface area contributed by atoms with Crippen LogP contribution in [0.4, 0.5) is 4.39 Å². The highest BCUT2D eigenvalue weighted by atomic mass is 32.2. The molecule has 2 aromatic carbocycles. The smallest absolute Gasteiger partial charge is 0.253 e. The second kappa shape index (κ2) is 7.55. The predicted molar refractivity (Wildman–Crippen MR) is 89.5 cm³/mol. The average Bonchev–Trinajstić information content (AvgIpc) is 2.54. The molecule has 1 amide bonds. The van der Waals surface area contributed by atoms with E-state index < -0.39 is 10.0 Å². The van der Waals surface area contributed by atoms with Gasteiger partial charge >= 0.3 is 0 Å². The van der Waals surface area contributed by atoms with Crippen molar-refractivity contribution in [1.29, 1.82) is 0 Å². The third-order valence-corrected chi connectivity index (χ3v) is 4.92. The molecule has 0 bridgehead atoms. The van der Waals surface area contributed by atoms with Crippen LogP contribution in [0.1, 0.15) is 22.8 Å². The molecule has 0 atom stereocenters. The van der Waals surface area contributed by atoms with Crippen molar-refractivity contribution in [3.63, 3.8) is 0 Å². The molecule has 0 saturated heterocycles. The maximum atomic E-state index is 13.2. The van der Waals surface area contributed by atoms with Gasteiger partial charge in [-0.15, -0.1) is 0 Å². The fraction of sp³-hybridized carbons (Fsp3) is 0.235.